The van der Waals surface area contributed by atoms with Crippen LogP contribution in [0.1, 0.15) is 39.2 Å². The van der Waals surface area contributed by atoms with E-state index < -0.39 is 16.1 Å². The smallest absolute Gasteiger partial charge is 0.242 e. The molecular formula is C25H33Cl2N3O4S. The summed E-state index contributed by atoms with van der Waals surface area (Å²) in [5.41, 5.74) is 0.736. The van der Waals surface area contributed by atoms with Crippen molar-refractivity contribution in [3.05, 3.63) is 64.1 Å². The minimum Gasteiger partial charge on any atom is -0.354 e. The number of nitrogens with one attached hydrogen (secondary N) is 1. The summed E-state index contributed by atoms with van der Waals surface area (Å²) >= 11 is 12.2. The Bertz CT molecular complexity index is 1110. The van der Waals surface area contributed by atoms with Crippen LogP contribution in [0, 0.1) is 5.92 Å². The van der Waals surface area contributed by atoms with Crippen LogP contribution < -0.4 is 5.32 Å². The fraction of sp³-hybridized carbons (Fsp3) is 0.440. The number of benzene rings is 2. The van der Waals surface area contributed by atoms with E-state index in [1.807, 2.05) is 13.8 Å². The maximum Gasteiger partial charge on any atom is 0.242 e. The molecule has 0 saturated carbocycles. The summed E-state index contributed by atoms with van der Waals surface area (Å²) in [6.07, 6.45) is 0.386. The maximum atomic E-state index is 13.2. The molecule has 0 bridgehead atoms. The summed E-state index contributed by atoms with van der Waals surface area (Å²) in [5, 5.41) is 3.63. The lowest BCUT2D eigenvalue weighted by molar-refractivity contribution is -0.140. The minimum absolute atomic E-state index is 0.0811. The van der Waals surface area contributed by atoms with Crippen molar-refractivity contribution in [2.24, 2.45) is 5.92 Å². The first-order valence-corrected chi connectivity index (χ1v) is 13.7. The normalized spacial score (nSPS) is 12.6. The van der Waals surface area contributed by atoms with Gasteiger partial charge in [-0.1, -0.05) is 61.3 Å². The number of carbonyl (C=O) groups excluding carboxylic acids is 2. The molecule has 0 aliphatic rings. The molecule has 2 rings (SSSR count). The summed E-state index contributed by atoms with van der Waals surface area (Å²) < 4.78 is 26.7. The van der Waals surface area contributed by atoms with E-state index in [1.54, 1.807) is 43.3 Å². The molecule has 1 N–H and O–H groups in total. The van der Waals surface area contributed by atoms with Gasteiger partial charge in [-0.25, -0.2) is 12.7 Å². The second-order valence-corrected chi connectivity index (χ2v) is 11.7. The van der Waals surface area contributed by atoms with Gasteiger partial charge >= 0.3 is 0 Å². The maximum absolute atomic E-state index is 13.2. The van der Waals surface area contributed by atoms with Crippen molar-refractivity contribution >= 4 is 45.0 Å². The Hall–Kier alpha value is -2.13. The number of hydrogen-bond donors (Lipinski definition) is 1. The Morgan fingerprint density at radius 1 is 1.00 bits per heavy atom. The summed E-state index contributed by atoms with van der Waals surface area (Å²) in [5.74, 6) is -0.239. The Balaban J connectivity index is 2.10. The van der Waals surface area contributed by atoms with Crippen molar-refractivity contribution in [2.75, 3.05) is 20.1 Å². The second-order valence-electron chi connectivity index (χ2n) is 8.83. The third-order valence-corrected chi connectivity index (χ3v) is 8.11. The fourth-order valence-electron chi connectivity index (χ4n) is 3.36. The minimum atomic E-state index is -3.64. The molecule has 0 heterocycles. The Labute approximate surface area is 218 Å². The second kappa shape index (κ2) is 13.3. The van der Waals surface area contributed by atoms with Crippen LogP contribution >= 0.6 is 23.2 Å². The first kappa shape index (κ1) is 29.1. The van der Waals surface area contributed by atoms with Crippen LogP contribution in [-0.2, 0) is 26.2 Å². The highest BCUT2D eigenvalue weighted by atomic mass is 35.5. The number of carbonyl (C=O) groups is 2. The lowest BCUT2D eigenvalue weighted by Crippen LogP contribution is -2.48. The zero-order chi connectivity index (χ0) is 26.2. The monoisotopic (exact) mass is 541 g/mol. The summed E-state index contributed by atoms with van der Waals surface area (Å²) in [4.78, 5) is 27.6. The van der Waals surface area contributed by atoms with Crippen LogP contribution in [0.15, 0.2) is 53.4 Å². The lowest BCUT2D eigenvalue weighted by atomic mass is 10.1. The molecule has 7 nitrogen and oxygen atoms in total. The van der Waals surface area contributed by atoms with Gasteiger partial charge < -0.3 is 10.2 Å². The van der Waals surface area contributed by atoms with E-state index in [9.17, 15) is 18.0 Å². The van der Waals surface area contributed by atoms with Gasteiger partial charge in [0.25, 0.3) is 0 Å². The van der Waals surface area contributed by atoms with Crippen molar-refractivity contribution in [3.63, 3.8) is 0 Å². The van der Waals surface area contributed by atoms with Crippen LogP contribution in [0.5, 0.6) is 0 Å². The Morgan fingerprint density at radius 2 is 1.66 bits per heavy atom. The van der Waals surface area contributed by atoms with Crippen molar-refractivity contribution in [1.29, 1.82) is 0 Å². The van der Waals surface area contributed by atoms with E-state index in [0.717, 1.165) is 5.56 Å². The molecule has 0 aliphatic carbocycles. The van der Waals surface area contributed by atoms with E-state index in [-0.39, 0.29) is 42.1 Å². The van der Waals surface area contributed by atoms with Crippen LogP contribution in [0.4, 0.5) is 0 Å². The third kappa shape index (κ3) is 8.49. The molecule has 0 radical (unpaired) electrons. The van der Waals surface area contributed by atoms with Crippen molar-refractivity contribution in [3.8, 4) is 0 Å². The summed E-state index contributed by atoms with van der Waals surface area (Å²) in [7, 11) is -2.15. The van der Waals surface area contributed by atoms with Gasteiger partial charge in [0, 0.05) is 33.1 Å². The molecular weight excluding hydrogens is 509 g/mol. The molecule has 0 aromatic heterocycles. The van der Waals surface area contributed by atoms with Gasteiger partial charge in [0.1, 0.15) is 6.04 Å². The molecule has 0 aliphatic heterocycles. The largest absolute Gasteiger partial charge is 0.354 e. The van der Waals surface area contributed by atoms with Gasteiger partial charge in [0.2, 0.25) is 21.8 Å². The van der Waals surface area contributed by atoms with Crippen molar-refractivity contribution < 1.29 is 18.0 Å². The topological polar surface area (TPSA) is 86.8 Å². The number of halogens is 2. The lowest BCUT2D eigenvalue weighted by Gasteiger charge is -2.29. The molecule has 2 amide bonds. The van der Waals surface area contributed by atoms with Crippen molar-refractivity contribution in [2.45, 2.75) is 51.1 Å². The van der Waals surface area contributed by atoms with E-state index in [0.29, 0.717) is 23.0 Å². The zero-order valence-electron chi connectivity index (χ0n) is 20.5. The number of sulfonamides is 1. The van der Waals surface area contributed by atoms with Crippen LogP contribution in [0.3, 0.4) is 0 Å². The molecule has 2 aromatic carbocycles. The molecule has 1 atom stereocenters. The molecule has 10 heteroatoms. The Kier molecular flexibility index (Phi) is 11.0. The zero-order valence-corrected chi connectivity index (χ0v) is 22.8. The predicted molar refractivity (Wildman–Crippen MR) is 140 cm³/mol. The molecule has 0 unspecified atom stereocenters. The van der Waals surface area contributed by atoms with Crippen molar-refractivity contribution in [1.82, 2.24) is 14.5 Å². The number of nitrogens with zero attached hydrogens (tertiary/aromatic N) is 2. The highest BCUT2D eigenvalue weighted by molar-refractivity contribution is 7.89. The highest BCUT2D eigenvalue weighted by Crippen LogP contribution is 2.24. The van der Waals surface area contributed by atoms with Crippen LogP contribution in [0.25, 0.3) is 0 Å². The molecule has 35 heavy (non-hydrogen) atoms. The fourth-order valence-corrected chi connectivity index (χ4v) is 4.91. The SMILES string of the molecule is CC(C)CNC(=O)[C@H](C)N(Cc1ccc(Cl)c(Cl)c1)C(=O)CCCN(C)S(=O)(=O)c1ccccc1. The van der Waals surface area contributed by atoms with Gasteiger partial charge in [0.15, 0.2) is 0 Å². The number of rotatable bonds is 12. The number of amides is 2. The quantitative estimate of drug-likeness (QED) is 0.425. The summed E-state index contributed by atoms with van der Waals surface area (Å²) in [6, 6.07) is 12.5. The van der Waals surface area contributed by atoms with Gasteiger partial charge in [-0.3, -0.25) is 9.59 Å². The van der Waals surface area contributed by atoms with Gasteiger partial charge in [-0.15, -0.1) is 0 Å². The standard InChI is InChI=1S/C25H33Cl2N3O4S/c1-18(2)16-28-25(32)19(3)30(17-20-12-13-22(26)23(27)15-20)24(31)11-8-14-29(4)35(33,34)21-9-6-5-7-10-21/h5-7,9-10,12-13,15,18-19H,8,11,14,16-17H2,1-4H3,(H,28,32)/t19-/m0/s1. The summed E-state index contributed by atoms with van der Waals surface area (Å²) in [6.45, 7) is 6.49. The van der Waals surface area contributed by atoms with E-state index in [2.05, 4.69) is 5.32 Å². The molecule has 0 fully saturated rings. The average molecular weight is 543 g/mol. The molecule has 0 spiro atoms. The first-order valence-electron chi connectivity index (χ1n) is 11.5. The highest BCUT2D eigenvalue weighted by Gasteiger charge is 2.27. The van der Waals surface area contributed by atoms with Crippen LogP contribution in [0.2, 0.25) is 10.0 Å². The van der Waals surface area contributed by atoms with Gasteiger partial charge in [-0.05, 0) is 49.1 Å². The van der Waals surface area contributed by atoms with E-state index >= 15 is 0 Å². The van der Waals surface area contributed by atoms with Crippen LogP contribution in [-0.4, -0.2) is 55.6 Å². The average Bonchev–Trinajstić information content (AvgIpc) is 2.82. The van der Waals surface area contributed by atoms with Gasteiger partial charge in [-0.2, -0.15) is 0 Å². The van der Waals surface area contributed by atoms with Gasteiger partial charge in [0.05, 0.1) is 14.9 Å². The van der Waals surface area contributed by atoms with E-state index in [4.69, 9.17) is 23.2 Å². The van der Waals surface area contributed by atoms with E-state index in [1.165, 1.54) is 28.4 Å². The molecule has 0 saturated heterocycles. The third-order valence-electron chi connectivity index (χ3n) is 5.50. The number of hydrogen-bond acceptors (Lipinski definition) is 4. The Morgan fingerprint density at radius 3 is 2.26 bits per heavy atom. The predicted octanol–water partition coefficient (Wildman–Crippen LogP) is 4.58. The molecule has 192 valence electrons. The first-order chi connectivity index (χ1) is 16.4. The molecule has 2 aromatic rings.